The van der Waals surface area contributed by atoms with Gasteiger partial charge in [-0.15, -0.1) is 0 Å². The molecule has 0 aromatic carbocycles. The molecular formula is C22H26N8O12P2. The lowest BCUT2D eigenvalue weighted by atomic mass is 10.1. The normalized spacial score (nSPS) is 36.6. The molecule has 4 aromatic rings. The van der Waals surface area contributed by atoms with Crippen LogP contribution in [0, 0.1) is 0 Å². The first kappa shape index (κ1) is 29.5. The number of aromatic nitrogens is 6. The zero-order chi connectivity index (χ0) is 31.0. The fourth-order valence-corrected chi connectivity index (χ4v) is 7.38. The van der Waals surface area contributed by atoms with Crippen LogP contribution in [0.5, 0.6) is 0 Å². The van der Waals surface area contributed by atoms with E-state index in [9.17, 15) is 28.8 Å². The Balaban J connectivity index is 1.19. The number of ether oxygens (including phenoxy) is 2. The molecule has 0 radical (unpaired) electrons. The van der Waals surface area contributed by atoms with Gasteiger partial charge >= 0.3 is 15.6 Å². The predicted octanol–water partition coefficient (Wildman–Crippen LogP) is -0.102. The Bertz CT molecular complexity index is 1900. The maximum Gasteiger partial charge on any atom is 0.472 e. The second-order valence-electron chi connectivity index (χ2n) is 10.3. The van der Waals surface area contributed by atoms with Crippen molar-refractivity contribution in [1.29, 1.82) is 0 Å². The fraction of sp³-hybridized carbons (Fsp3) is 0.455. The largest absolute Gasteiger partial charge is 0.472 e. The quantitative estimate of drug-likeness (QED) is 0.154. The van der Waals surface area contributed by atoms with Gasteiger partial charge in [0.05, 0.1) is 19.5 Å². The standard InChI is InChI=1S/C22H26N8O12P2/c23-10-1-3-25-18-9(10)2-4-29(18)14-5-11-12(39-14)6-37-44(35,36)42-17-16(31)13(7-38-43(33,34)41-11)40-21(17)30-8-26-15-19(30)27-22(24)28-20(15)32/h1-4,8,11-14,16-17,21,31H,5-7H2,(H2,23,25)(H,33,34)(H,35,36)(H3,24,27,28,32)/t11?,12-,13-,14-,16?,17+,21-/m1/s1. The van der Waals surface area contributed by atoms with Gasteiger partial charge in [-0.25, -0.2) is 19.1 Å². The van der Waals surface area contributed by atoms with Crippen LogP contribution >= 0.6 is 15.6 Å². The smallest absolute Gasteiger partial charge is 0.398 e. The number of aromatic amines is 1. The van der Waals surface area contributed by atoms with Gasteiger partial charge in [0.2, 0.25) is 5.95 Å². The lowest BCUT2D eigenvalue weighted by Crippen LogP contribution is -2.35. The van der Waals surface area contributed by atoms with Crippen molar-refractivity contribution >= 4 is 49.5 Å². The van der Waals surface area contributed by atoms with Crippen molar-refractivity contribution in [2.24, 2.45) is 0 Å². The molecule has 3 saturated heterocycles. The number of rotatable bonds is 2. The van der Waals surface area contributed by atoms with Gasteiger partial charge in [0.15, 0.2) is 17.4 Å². The van der Waals surface area contributed by atoms with E-state index in [4.69, 9.17) is 39.0 Å². The third-order valence-electron chi connectivity index (χ3n) is 7.50. The zero-order valence-corrected chi connectivity index (χ0v) is 24.1. The third kappa shape index (κ3) is 5.23. The molecule has 20 nitrogen and oxygen atoms in total. The minimum Gasteiger partial charge on any atom is -0.398 e. The van der Waals surface area contributed by atoms with E-state index in [1.54, 1.807) is 22.9 Å². The topological polar surface area (TPSA) is 284 Å². The highest BCUT2D eigenvalue weighted by Crippen LogP contribution is 2.53. The fourth-order valence-electron chi connectivity index (χ4n) is 5.49. The van der Waals surface area contributed by atoms with Crippen LogP contribution in [-0.2, 0) is 36.7 Å². The number of phosphoric acid groups is 2. The molecule has 0 saturated carbocycles. The first-order valence-electron chi connectivity index (χ1n) is 13.1. The molecule has 4 unspecified atom stereocenters. The monoisotopic (exact) mass is 656 g/mol. The minimum atomic E-state index is -4.99. The number of hydrogen-bond donors (Lipinski definition) is 6. The van der Waals surface area contributed by atoms with Gasteiger partial charge in [0.25, 0.3) is 5.56 Å². The summed E-state index contributed by atoms with van der Waals surface area (Å²) in [4.78, 5) is 48.2. The van der Waals surface area contributed by atoms with E-state index in [-0.39, 0.29) is 23.5 Å². The lowest BCUT2D eigenvalue weighted by molar-refractivity contribution is -0.0669. The number of nitrogens with zero attached hydrogens (tertiary/aromatic N) is 5. The van der Waals surface area contributed by atoms with E-state index >= 15 is 0 Å². The minimum absolute atomic E-state index is 0.00496. The molecule has 7 heterocycles. The number of pyridine rings is 1. The summed E-state index contributed by atoms with van der Waals surface area (Å²) in [6.45, 7) is -1.35. The average Bonchev–Trinajstić information content (AvgIpc) is 3.72. The maximum absolute atomic E-state index is 13.2. The number of H-pyrrole nitrogens is 1. The number of nitrogens with two attached hydrogens (primary N) is 2. The van der Waals surface area contributed by atoms with Crippen LogP contribution in [0.25, 0.3) is 22.2 Å². The Hall–Kier alpha value is -3.26. The van der Waals surface area contributed by atoms with Crippen molar-refractivity contribution in [3.05, 3.63) is 41.2 Å². The summed E-state index contributed by atoms with van der Waals surface area (Å²) in [5.74, 6) is -0.256. The van der Waals surface area contributed by atoms with Crippen molar-refractivity contribution in [1.82, 2.24) is 29.1 Å². The van der Waals surface area contributed by atoms with Gasteiger partial charge in [-0.3, -0.25) is 32.4 Å². The number of nitrogen functional groups attached to an aromatic ring is 2. The summed E-state index contributed by atoms with van der Waals surface area (Å²) in [6, 6.07) is 3.36. The lowest BCUT2D eigenvalue weighted by Gasteiger charge is -2.25. The number of aliphatic hydroxyl groups is 1. The van der Waals surface area contributed by atoms with E-state index < -0.39 is 77.4 Å². The van der Waals surface area contributed by atoms with Crippen molar-refractivity contribution < 1.29 is 51.6 Å². The number of nitrogens with one attached hydrogen (secondary N) is 1. The van der Waals surface area contributed by atoms with Gasteiger partial charge in [-0.1, -0.05) is 0 Å². The molecule has 9 atom stereocenters. The molecule has 236 valence electrons. The number of imidazole rings is 1. The Morgan fingerprint density at radius 1 is 0.955 bits per heavy atom. The van der Waals surface area contributed by atoms with Gasteiger partial charge in [0, 0.05) is 29.9 Å². The Morgan fingerprint density at radius 2 is 1.70 bits per heavy atom. The summed E-state index contributed by atoms with van der Waals surface area (Å²) in [5, 5.41) is 11.7. The maximum atomic E-state index is 13.2. The summed E-state index contributed by atoms with van der Waals surface area (Å²) in [5.41, 5.74) is 11.7. The average molecular weight is 656 g/mol. The summed E-state index contributed by atoms with van der Waals surface area (Å²) >= 11 is 0. The summed E-state index contributed by atoms with van der Waals surface area (Å²) in [6.07, 6.45) is -4.99. The molecule has 3 aliphatic heterocycles. The first-order chi connectivity index (χ1) is 20.9. The molecule has 8 N–H and O–H groups in total. The van der Waals surface area contributed by atoms with Gasteiger partial charge in [0.1, 0.15) is 42.4 Å². The Labute approximate surface area is 245 Å². The molecule has 3 fully saturated rings. The molecule has 2 bridgehead atoms. The molecule has 4 aromatic heterocycles. The van der Waals surface area contributed by atoms with Crippen LogP contribution in [0.15, 0.2) is 35.6 Å². The van der Waals surface area contributed by atoms with E-state index in [1.165, 1.54) is 6.20 Å². The molecule has 0 amide bonds. The van der Waals surface area contributed by atoms with Crippen LogP contribution in [0.2, 0.25) is 0 Å². The molecule has 3 aliphatic rings. The van der Waals surface area contributed by atoms with Crippen LogP contribution in [0.4, 0.5) is 11.6 Å². The summed E-state index contributed by atoms with van der Waals surface area (Å²) in [7, 11) is -9.83. The Kier molecular flexibility index (Phi) is 7.15. The van der Waals surface area contributed by atoms with Crippen LogP contribution < -0.4 is 17.0 Å². The highest BCUT2D eigenvalue weighted by atomic mass is 31.2. The number of fused-ring (bicyclic) bond motifs is 5. The number of anilines is 2. The van der Waals surface area contributed by atoms with E-state index in [0.29, 0.717) is 16.7 Å². The molecule has 22 heteroatoms. The number of hydrogen-bond acceptors (Lipinski definition) is 15. The zero-order valence-electron chi connectivity index (χ0n) is 22.4. The summed E-state index contributed by atoms with van der Waals surface area (Å²) < 4.78 is 62.1. The van der Waals surface area contributed by atoms with Crippen LogP contribution in [0.3, 0.4) is 0 Å². The van der Waals surface area contributed by atoms with Crippen molar-refractivity contribution in [3.8, 4) is 0 Å². The molecule has 44 heavy (non-hydrogen) atoms. The Morgan fingerprint density at radius 3 is 2.50 bits per heavy atom. The van der Waals surface area contributed by atoms with Crippen molar-refractivity contribution in [3.63, 3.8) is 0 Å². The van der Waals surface area contributed by atoms with Crippen molar-refractivity contribution in [2.45, 2.75) is 49.4 Å². The number of phosphoric ester groups is 2. The second-order valence-corrected chi connectivity index (χ2v) is 13.1. The van der Waals surface area contributed by atoms with Gasteiger partial charge in [-0.05, 0) is 12.1 Å². The third-order valence-corrected chi connectivity index (χ3v) is 9.50. The van der Waals surface area contributed by atoms with Crippen LogP contribution in [0.1, 0.15) is 18.9 Å². The number of aliphatic hydroxyl groups excluding tert-OH is 1. The molecule has 0 spiro atoms. The highest BCUT2D eigenvalue weighted by Gasteiger charge is 2.52. The van der Waals surface area contributed by atoms with E-state index in [2.05, 4.69) is 19.9 Å². The SMILES string of the molecule is Nc1nc2c(ncn2[C@@H]2O[C@@H]3COP(=O)(O)OC4C[C@H](n5ccc6c(N)ccnc65)O[C@@H]4COP(=O)(O)O[C@H]2C3O)c(=O)[nH]1. The van der Waals surface area contributed by atoms with Crippen LogP contribution in [-0.4, -0.2) is 87.7 Å². The molecular weight excluding hydrogens is 630 g/mol. The first-order valence-corrected chi connectivity index (χ1v) is 16.1. The van der Waals surface area contributed by atoms with Gasteiger partial charge < -0.3 is 40.4 Å². The second kappa shape index (κ2) is 10.7. The highest BCUT2D eigenvalue weighted by molar-refractivity contribution is 7.47. The van der Waals surface area contributed by atoms with Crippen molar-refractivity contribution in [2.75, 3.05) is 24.7 Å². The van der Waals surface area contributed by atoms with Gasteiger partial charge in [-0.2, -0.15) is 4.98 Å². The molecule has 7 rings (SSSR count). The predicted molar refractivity (Wildman–Crippen MR) is 146 cm³/mol. The van der Waals surface area contributed by atoms with E-state index in [0.717, 1.165) is 10.9 Å². The van der Waals surface area contributed by atoms with E-state index in [1.807, 2.05) is 0 Å². The molecule has 0 aliphatic carbocycles.